The number of halogens is 3. The van der Waals surface area contributed by atoms with Gasteiger partial charge in [0.25, 0.3) is 0 Å². The Morgan fingerprint density at radius 3 is 2.40 bits per heavy atom. The number of carbonyl (C=O) groups is 3. The molecule has 1 heterocycles. The Kier molecular flexibility index (Phi) is 7.73. The zero-order valence-corrected chi connectivity index (χ0v) is 21.8. The molecule has 2 amide bonds. The van der Waals surface area contributed by atoms with E-state index in [-0.39, 0.29) is 43.0 Å². The predicted octanol–water partition coefficient (Wildman–Crippen LogP) is 5.66. The maximum Gasteiger partial charge on any atom is 0.416 e. The summed E-state index contributed by atoms with van der Waals surface area (Å²) in [5.74, 6) is -1.54. The number of amides is 2. The van der Waals surface area contributed by atoms with Crippen LogP contribution in [-0.2, 0) is 25.2 Å². The summed E-state index contributed by atoms with van der Waals surface area (Å²) in [6.07, 6.45) is -2.91. The molecule has 4 rings (SSSR count). The second kappa shape index (κ2) is 10.9. The molecular formula is C29H26F3N3O5. The molecule has 1 fully saturated rings. The predicted molar refractivity (Wildman–Crippen MR) is 138 cm³/mol. The number of rotatable bonds is 8. The highest BCUT2D eigenvalue weighted by molar-refractivity contribution is 6.06. The minimum Gasteiger partial charge on any atom is -0.464 e. The number of nitriles is 1. The van der Waals surface area contributed by atoms with Crippen molar-refractivity contribution in [3.8, 4) is 6.07 Å². The number of hydrogen-bond donors (Lipinski definition) is 0. The number of alkyl halides is 3. The topological polar surface area (TPSA) is 99.9 Å². The van der Waals surface area contributed by atoms with Gasteiger partial charge < -0.3 is 9.47 Å². The van der Waals surface area contributed by atoms with Crippen LogP contribution >= 0.6 is 0 Å². The lowest BCUT2D eigenvalue weighted by Crippen LogP contribution is -2.58. The van der Waals surface area contributed by atoms with Crippen molar-refractivity contribution in [3.05, 3.63) is 89.1 Å². The summed E-state index contributed by atoms with van der Waals surface area (Å²) < 4.78 is 51.4. The summed E-state index contributed by atoms with van der Waals surface area (Å²) in [6.45, 7) is 6.45. The lowest BCUT2D eigenvalue weighted by Gasteiger charge is -2.46. The quantitative estimate of drug-likeness (QED) is 0.309. The summed E-state index contributed by atoms with van der Waals surface area (Å²) >= 11 is 0. The highest BCUT2D eigenvalue weighted by atomic mass is 19.4. The maximum absolute atomic E-state index is 14.3. The van der Waals surface area contributed by atoms with Gasteiger partial charge in [0.15, 0.2) is 0 Å². The fourth-order valence-electron chi connectivity index (χ4n) is 4.82. The van der Waals surface area contributed by atoms with Gasteiger partial charge in [-0.2, -0.15) is 18.4 Å². The number of hydrogen-bond acceptors (Lipinski definition) is 6. The summed E-state index contributed by atoms with van der Waals surface area (Å²) in [6, 6.07) is 10.3. The summed E-state index contributed by atoms with van der Waals surface area (Å²) in [7, 11) is 0. The Morgan fingerprint density at radius 1 is 1.18 bits per heavy atom. The molecule has 0 bridgehead atoms. The standard InChI is InChI=1S/C29H26F3N3O5/c1-4-15-40-25(36)23-18(3)34(22-8-6-7-21(16-22)29(30,31)32)27(38)35(28(13-14-28)26(37)39-5-2)24(23)20-11-9-19(17-33)10-12-20/h4,6-12,16,24H,1,5,13-15H2,2-3H3. The van der Waals surface area contributed by atoms with Crippen molar-refractivity contribution < 1.29 is 37.0 Å². The van der Waals surface area contributed by atoms with Crippen LogP contribution in [0, 0.1) is 11.3 Å². The average Bonchev–Trinajstić information content (AvgIpc) is 3.73. The molecule has 2 aromatic rings. The third-order valence-electron chi connectivity index (χ3n) is 6.83. The molecular weight excluding hydrogens is 527 g/mol. The third-order valence-corrected chi connectivity index (χ3v) is 6.83. The molecule has 1 saturated carbocycles. The number of anilines is 1. The molecule has 1 aliphatic heterocycles. The van der Waals surface area contributed by atoms with E-state index < -0.39 is 41.3 Å². The lowest BCUT2D eigenvalue weighted by atomic mass is 9.90. The highest BCUT2D eigenvalue weighted by Crippen LogP contribution is 2.52. The van der Waals surface area contributed by atoms with Crippen LogP contribution in [0.5, 0.6) is 0 Å². The van der Waals surface area contributed by atoms with Crippen molar-refractivity contribution in [2.45, 2.75) is 44.4 Å². The molecule has 11 heteroatoms. The molecule has 208 valence electrons. The van der Waals surface area contributed by atoms with Crippen molar-refractivity contribution >= 4 is 23.7 Å². The average molecular weight is 554 g/mol. The molecule has 0 aromatic heterocycles. The van der Waals surface area contributed by atoms with Crippen LogP contribution in [0.1, 0.15) is 49.4 Å². The SMILES string of the molecule is C=CCOC(=O)C1=C(C)N(c2cccc(C(F)(F)F)c2)C(=O)N(C2(C(=O)OCC)CC2)C1c1ccc(C#N)cc1. The lowest BCUT2D eigenvalue weighted by molar-refractivity contribution is -0.151. The summed E-state index contributed by atoms with van der Waals surface area (Å²) in [5, 5.41) is 9.27. The van der Waals surface area contributed by atoms with Crippen LogP contribution in [0.25, 0.3) is 0 Å². The summed E-state index contributed by atoms with van der Waals surface area (Å²) in [4.78, 5) is 43.2. The van der Waals surface area contributed by atoms with Gasteiger partial charge in [0, 0.05) is 5.70 Å². The van der Waals surface area contributed by atoms with Crippen LogP contribution in [0.4, 0.5) is 23.7 Å². The number of urea groups is 1. The normalized spacial score (nSPS) is 18.2. The van der Waals surface area contributed by atoms with Crippen molar-refractivity contribution in [2.75, 3.05) is 18.1 Å². The van der Waals surface area contributed by atoms with Gasteiger partial charge in [-0.3, -0.25) is 9.80 Å². The van der Waals surface area contributed by atoms with Gasteiger partial charge in [0.1, 0.15) is 12.1 Å². The van der Waals surface area contributed by atoms with Gasteiger partial charge in [-0.15, -0.1) is 0 Å². The largest absolute Gasteiger partial charge is 0.464 e. The first kappa shape index (κ1) is 28.4. The zero-order chi connectivity index (χ0) is 29.2. The second-order valence-corrected chi connectivity index (χ2v) is 9.31. The Labute approximate surface area is 228 Å². The van der Waals surface area contributed by atoms with E-state index in [0.717, 1.165) is 23.1 Å². The van der Waals surface area contributed by atoms with E-state index >= 15 is 0 Å². The highest BCUT2D eigenvalue weighted by Gasteiger charge is 2.63. The van der Waals surface area contributed by atoms with Crippen LogP contribution < -0.4 is 4.90 Å². The van der Waals surface area contributed by atoms with Gasteiger partial charge in [-0.25, -0.2) is 14.4 Å². The molecule has 0 radical (unpaired) electrons. The third kappa shape index (κ3) is 5.04. The van der Waals surface area contributed by atoms with E-state index in [2.05, 4.69) is 6.58 Å². The molecule has 40 heavy (non-hydrogen) atoms. The first-order valence-electron chi connectivity index (χ1n) is 12.5. The first-order chi connectivity index (χ1) is 19.0. The van der Waals surface area contributed by atoms with Crippen molar-refractivity contribution in [1.82, 2.24) is 4.90 Å². The monoisotopic (exact) mass is 553 g/mol. The van der Waals surface area contributed by atoms with E-state index in [9.17, 15) is 32.8 Å². The van der Waals surface area contributed by atoms with E-state index in [1.54, 1.807) is 19.1 Å². The van der Waals surface area contributed by atoms with Crippen LogP contribution in [0.2, 0.25) is 0 Å². The van der Waals surface area contributed by atoms with Gasteiger partial charge in [0.05, 0.1) is 41.1 Å². The molecule has 2 aromatic carbocycles. The van der Waals surface area contributed by atoms with Gasteiger partial charge in [-0.05, 0) is 62.6 Å². The minimum atomic E-state index is -4.69. The van der Waals surface area contributed by atoms with Crippen LogP contribution in [0.3, 0.4) is 0 Å². The molecule has 0 N–H and O–H groups in total. The van der Waals surface area contributed by atoms with Crippen molar-refractivity contribution in [2.24, 2.45) is 0 Å². The van der Waals surface area contributed by atoms with Crippen molar-refractivity contribution in [3.63, 3.8) is 0 Å². The zero-order valence-electron chi connectivity index (χ0n) is 21.8. The van der Waals surface area contributed by atoms with Gasteiger partial charge >= 0.3 is 24.1 Å². The van der Waals surface area contributed by atoms with Crippen LogP contribution in [-0.4, -0.2) is 41.6 Å². The van der Waals surface area contributed by atoms with E-state index in [1.807, 2.05) is 6.07 Å². The number of ether oxygens (including phenoxy) is 2. The molecule has 2 aliphatic rings. The van der Waals surface area contributed by atoms with Gasteiger partial charge in [0.2, 0.25) is 0 Å². The number of benzene rings is 2. The number of esters is 2. The fraction of sp³-hybridized carbons (Fsp3) is 0.310. The molecule has 1 unspecified atom stereocenters. The minimum absolute atomic E-state index is 0.0312. The second-order valence-electron chi connectivity index (χ2n) is 9.31. The fourth-order valence-corrected chi connectivity index (χ4v) is 4.82. The van der Waals surface area contributed by atoms with Gasteiger partial charge in [-0.1, -0.05) is 30.9 Å². The Morgan fingerprint density at radius 2 is 1.85 bits per heavy atom. The molecule has 1 aliphatic carbocycles. The number of carbonyl (C=O) groups excluding carboxylic acids is 3. The summed E-state index contributed by atoms with van der Waals surface area (Å²) in [5.41, 5.74) is -1.90. The molecule has 0 spiro atoms. The molecule has 8 nitrogen and oxygen atoms in total. The Balaban J connectivity index is 2.00. The number of allylic oxidation sites excluding steroid dienone is 1. The Hall–Kier alpha value is -4.59. The first-order valence-corrected chi connectivity index (χ1v) is 12.5. The Bertz CT molecular complexity index is 1420. The maximum atomic E-state index is 14.3. The van der Waals surface area contributed by atoms with Crippen LogP contribution in [0.15, 0.2) is 72.5 Å². The van der Waals surface area contributed by atoms with E-state index in [0.29, 0.717) is 11.1 Å². The van der Waals surface area contributed by atoms with E-state index in [1.165, 1.54) is 36.1 Å². The van der Waals surface area contributed by atoms with Crippen molar-refractivity contribution in [1.29, 1.82) is 5.26 Å². The number of nitrogens with zero attached hydrogens (tertiary/aromatic N) is 3. The molecule has 0 saturated heterocycles. The molecule has 1 atom stereocenters. The smallest absolute Gasteiger partial charge is 0.416 e. The van der Waals surface area contributed by atoms with E-state index in [4.69, 9.17) is 9.47 Å².